The number of nitrogens with zero attached hydrogens (tertiary/aromatic N) is 4. The molecule has 2 aromatic rings. The van der Waals surface area contributed by atoms with Gasteiger partial charge in [0.15, 0.2) is 5.11 Å². The van der Waals surface area contributed by atoms with Gasteiger partial charge in [0.25, 0.3) is 0 Å². The Bertz CT molecular complexity index is 555. The molecule has 0 atom stereocenters. The summed E-state index contributed by atoms with van der Waals surface area (Å²) in [6, 6.07) is 1.75. The van der Waals surface area contributed by atoms with Gasteiger partial charge in [-0.2, -0.15) is 0 Å². The third-order valence-electron chi connectivity index (χ3n) is 2.05. The van der Waals surface area contributed by atoms with Crippen LogP contribution < -0.4 is 10.6 Å². The second-order valence-corrected chi connectivity index (χ2v) is 4.15. The molecule has 0 bridgehead atoms. The lowest BCUT2D eigenvalue weighted by Crippen LogP contribution is -2.28. The van der Waals surface area contributed by atoms with Crippen molar-refractivity contribution in [1.29, 1.82) is 0 Å². The second kappa shape index (κ2) is 5.74. The van der Waals surface area contributed by atoms with Gasteiger partial charge in [0.1, 0.15) is 29.4 Å². The van der Waals surface area contributed by atoms with Crippen LogP contribution in [-0.4, -0.2) is 31.2 Å². The number of hydrogen-bond acceptors (Lipinski definition) is 4. The summed E-state index contributed by atoms with van der Waals surface area (Å²) in [4.78, 5) is 12.1. The van der Waals surface area contributed by atoms with Crippen molar-refractivity contribution in [3.05, 3.63) is 30.1 Å². The predicted octanol–water partition coefficient (Wildman–Crippen LogP) is 1.62. The van der Waals surface area contributed by atoms with E-state index in [2.05, 4.69) is 25.6 Å². The summed E-state index contributed by atoms with van der Waals surface area (Å²) >= 11 is 10.8. The van der Waals surface area contributed by atoms with Gasteiger partial charge in [-0.15, -0.1) is 0 Å². The van der Waals surface area contributed by atoms with Gasteiger partial charge in [-0.05, 0) is 19.1 Å². The second-order valence-electron chi connectivity index (χ2n) is 3.35. The molecule has 0 radical (unpaired) electrons. The van der Waals surface area contributed by atoms with Gasteiger partial charge in [0.05, 0.1) is 0 Å². The highest BCUT2D eigenvalue weighted by Crippen LogP contribution is 2.11. The van der Waals surface area contributed by atoms with Gasteiger partial charge in [-0.3, -0.25) is 4.57 Å². The van der Waals surface area contributed by atoms with Crippen LogP contribution >= 0.6 is 23.8 Å². The van der Waals surface area contributed by atoms with Crippen LogP contribution in [0.1, 0.15) is 6.92 Å². The van der Waals surface area contributed by atoms with Crippen LogP contribution in [0.25, 0.3) is 5.82 Å². The smallest absolute Gasteiger partial charge is 0.171 e. The van der Waals surface area contributed by atoms with Crippen molar-refractivity contribution in [2.45, 2.75) is 6.92 Å². The molecule has 0 aliphatic carbocycles. The lowest BCUT2D eigenvalue weighted by atomic mass is 10.5. The lowest BCUT2D eigenvalue weighted by molar-refractivity contribution is 0.964. The molecule has 2 heterocycles. The first-order chi connectivity index (χ1) is 8.69. The van der Waals surface area contributed by atoms with Crippen molar-refractivity contribution in [1.82, 2.24) is 24.8 Å². The molecule has 2 rings (SSSR count). The molecule has 6 nitrogen and oxygen atoms in total. The van der Waals surface area contributed by atoms with Gasteiger partial charge in [-0.1, -0.05) is 11.6 Å². The Morgan fingerprint density at radius 1 is 1.44 bits per heavy atom. The van der Waals surface area contributed by atoms with E-state index in [1.807, 2.05) is 6.92 Å². The maximum Gasteiger partial charge on any atom is 0.171 e. The normalized spacial score (nSPS) is 10.1. The van der Waals surface area contributed by atoms with E-state index in [1.165, 1.54) is 6.33 Å². The Balaban J connectivity index is 2.17. The predicted molar refractivity (Wildman–Crippen MR) is 74.1 cm³/mol. The monoisotopic (exact) mass is 282 g/mol. The number of halogens is 1. The Hall–Kier alpha value is -1.73. The fourth-order valence-electron chi connectivity index (χ4n) is 1.30. The number of imidazole rings is 1. The number of nitrogens with one attached hydrogen (secondary N) is 2. The molecule has 0 amide bonds. The summed E-state index contributed by atoms with van der Waals surface area (Å²) in [5.74, 6) is 1.27. The number of aromatic nitrogens is 4. The Morgan fingerprint density at radius 3 is 2.94 bits per heavy atom. The Morgan fingerprint density at radius 2 is 2.28 bits per heavy atom. The van der Waals surface area contributed by atoms with E-state index in [1.54, 1.807) is 23.2 Å². The quantitative estimate of drug-likeness (QED) is 0.834. The molecule has 8 heteroatoms. The van der Waals surface area contributed by atoms with Crippen LogP contribution in [0.5, 0.6) is 0 Å². The van der Waals surface area contributed by atoms with Crippen LogP contribution in [-0.2, 0) is 0 Å². The van der Waals surface area contributed by atoms with Gasteiger partial charge in [0.2, 0.25) is 0 Å². The molecule has 94 valence electrons. The van der Waals surface area contributed by atoms with Crippen molar-refractivity contribution in [2.75, 3.05) is 11.9 Å². The first-order valence-electron chi connectivity index (χ1n) is 5.26. The third kappa shape index (κ3) is 3.14. The Kier molecular flexibility index (Phi) is 4.06. The summed E-state index contributed by atoms with van der Waals surface area (Å²) in [7, 11) is 0. The maximum absolute atomic E-state index is 5.75. The minimum absolute atomic E-state index is 0.409. The first-order valence-corrected chi connectivity index (χ1v) is 6.04. The molecule has 0 aliphatic heterocycles. The fourth-order valence-corrected chi connectivity index (χ4v) is 1.70. The van der Waals surface area contributed by atoms with Gasteiger partial charge in [0, 0.05) is 18.8 Å². The van der Waals surface area contributed by atoms with Crippen LogP contribution in [0.3, 0.4) is 0 Å². The first kappa shape index (κ1) is 12.7. The van der Waals surface area contributed by atoms with E-state index in [-0.39, 0.29) is 0 Å². The summed E-state index contributed by atoms with van der Waals surface area (Å²) in [5.41, 5.74) is 0. The molecule has 0 saturated carbocycles. The third-order valence-corrected chi connectivity index (χ3v) is 2.49. The molecule has 18 heavy (non-hydrogen) atoms. The highest BCUT2D eigenvalue weighted by Gasteiger charge is 2.03. The largest absolute Gasteiger partial charge is 0.363 e. The zero-order chi connectivity index (χ0) is 13.0. The fraction of sp³-hybridized carbons (Fsp3) is 0.200. The molecule has 0 aliphatic rings. The maximum atomic E-state index is 5.75. The highest BCUT2D eigenvalue weighted by atomic mass is 35.5. The van der Waals surface area contributed by atoms with Crippen molar-refractivity contribution in [3.63, 3.8) is 0 Å². The average molecular weight is 283 g/mol. The molecular weight excluding hydrogens is 272 g/mol. The number of rotatable bonds is 3. The van der Waals surface area contributed by atoms with Gasteiger partial charge >= 0.3 is 0 Å². The summed E-state index contributed by atoms with van der Waals surface area (Å²) in [5, 5.41) is 6.87. The van der Waals surface area contributed by atoms with Gasteiger partial charge < -0.3 is 10.6 Å². The molecule has 0 aromatic carbocycles. The topological polar surface area (TPSA) is 67.7 Å². The molecule has 2 aromatic heterocycles. The van der Waals surface area contributed by atoms with Crippen molar-refractivity contribution < 1.29 is 0 Å². The molecular formula is C10H11ClN6S. The standard InChI is InChI=1S/C10H11ClN6S/c1-2-12-10(18)16-8-3-9(14-5-13-8)17-4-7(11)15-6-17/h3-6H,2H2,1H3,(H2,12,13,14,16,18). The van der Waals surface area contributed by atoms with E-state index < -0.39 is 0 Å². The zero-order valence-electron chi connectivity index (χ0n) is 9.59. The summed E-state index contributed by atoms with van der Waals surface area (Å²) < 4.78 is 1.70. The minimum atomic E-state index is 0.409. The Labute approximate surface area is 114 Å². The molecule has 0 fully saturated rings. The van der Waals surface area contributed by atoms with E-state index in [9.17, 15) is 0 Å². The molecule has 2 N–H and O–H groups in total. The van der Waals surface area contributed by atoms with E-state index in [0.717, 1.165) is 6.54 Å². The number of anilines is 1. The summed E-state index contributed by atoms with van der Waals surface area (Å²) in [6.07, 6.45) is 4.69. The lowest BCUT2D eigenvalue weighted by Gasteiger charge is -2.08. The average Bonchev–Trinajstić information content (AvgIpc) is 2.76. The summed E-state index contributed by atoms with van der Waals surface area (Å²) in [6.45, 7) is 2.72. The minimum Gasteiger partial charge on any atom is -0.363 e. The van der Waals surface area contributed by atoms with Crippen LogP contribution in [0, 0.1) is 0 Å². The van der Waals surface area contributed by atoms with Gasteiger partial charge in [-0.25, -0.2) is 15.0 Å². The van der Waals surface area contributed by atoms with Crippen LogP contribution in [0.15, 0.2) is 24.9 Å². The van der Waals surface area contributed by atoms with E-state index >= 15 is 0 Å². The molecule has 0 saturated heterocycles. The van der Waals surface area contributed by atoms with Crippen molar-refractivity contribution in [2.24, 2.45) is 0 Å². The molecule has 0 spiro atoms. The van der Waals surface area contributed by atoms with E-state index in [0.29, 0.717) is 21.9 Å². The zero-order valence-corrected chi connectivity index (χ0v) is 11.2. The number of hydrogen-bond donors (Lipinski definition) is 2. The highest BCUT2D eigenvalue weighted by molar-refractivity contribution is 7.80. The van der Waals surface area contributed by atoms with Crippen LogP contribution in [0.4, 0.5) is 5.82 Å². The van der Waals surface area contributed by atoms with E-state index in [4.69, 9.17) is 23.8 Å². The van der Waals surface area contributed by atoms with Crippen LogP contribution in [0.2, 0.25) is 5.15 Å². The van der Waals surface area contributed by atoms with Crippen molar-refractivity contribution >= 4 is 34.7 Å². The van der Waals surface area contributed by atoms with Crippen molar-refractivity contribution in [3.8, 4) is 5.82 Å². The number of thiocarbonyl (C=S) groups is 1. The SMILES string of the molecule is CCNC(=S)Nc1cc(-n2cnc(Cl)c2)ncn1. The molecule has 0 unspecified atom stereocenters.